The van der Waals surface area contributed by atoms with E-state index in [2.05, 4.69) is 22.2 Å². The van der Waals surface area contributed by atoms with Gasteiger partial charge >= 0.3 is 5.97 Å². The molecule has 0 aromatic carbocycles. The monoisotopic (exact) mass is 447 g/mol. The average molecular weight is 448 g/mol. The van der Waals surface area contributed by atoms with E-state index in [0.29, 0.717) is 21.6 Å². The lowest BCUT2D eigenvalue weighted by molar-refractivity contribution is -0.113. The molecule has 1 unspecified atom stereocenters. The van der Waals surface area contributed by atoms with Gasteiger partial charge in [-0.25, -0.2) is 9.78 Å². The molecule has 1 amide bonds. The number of hydrogen-bond donors (Lipinski definition) is 2. The number of nitrogens with one attached hydrogen (secondary N) is 2. The molecular formula is C21H25N3O4S2. The number of amides is 1. The molecule has 2 aliphatic carbocycles. The van der Waals surface area contributed by atoms with Crippen LogP contribution in [0.2, 0.25) is 0 Å². The molecule has 2 aromatic rings. The first-order chi connectivity index (χ1) is 14.5. The molecule has 30 heavy (non-hydrogen) atoms. The number of esters is 1. The van der Waals surface area contributed by atoms with Crippen molar-refractivity contribution in [2.45, 2.75) is 57.0 Å². The second-order valence-corrected chi connectivity index (χ2v) is 9.96. The zero-order valence-electron chi connectivity index (χ0n) is 17.1. The van der Waals surface area contributed by atoms with E-state index < -0.39 is 5.97 Å². The number of ether oxygens (including phenoxy) is 1. The van der Waals surface area contributed by atoms with E-state index in [9.17, 15) is 14.4 Å². The van der Waals surface area contributed by atoms with Crippen molar-refractivity contribution in [1.29, 1.82) is 0 Å². The fraction of sp³-hybridized carbons (Fsp3) is 0.524. The number of hydrogen-bond acceptors (Lipinski definition) is 7. The average Bonchev–Trinajstić information content (AvgIpc) is 3.08. The maximum Gasteiger partial charge on any atom is 0.341 e. The molecule has 0 radical (unpaired) electrons. The predicted octanol–water partition coefficient (Wildman–Crippen LogP) is 3.35. The van der Waals surface area contributed by atoms with Gasteiger partial charge in [-0.05, 0) is 56.4 Å². The molecule has 7 nitrogen and oxygen atoms in total. The van der Waals surface area contributed by atoms with Gasteiger partial charge in [0, 0.05) is 10.4 Å². The van der Waals surface area contributed by atoms with Crippen molar-refractivity contribution in [3.05, 3.63) is 37.6 Å². The number of anilines is 1. The summed E-state index contributed by atoms with van der Waals surface area (Å²) in [7, 11) is 1.36. The number of nitrogens with zero attached hydrogens (tertiary/aromatic N) is 1. The molecule has 2 aromatic heterocycles. The fourth-order valence-corrected chi connectivity index (χ4v) is 6.20. The van der Waals surface area contributed by atoms with Gasteiger partial charge in [-0.2, -0.15) is 0 Å². The van der Waals surface area contributed by atoms with Gasteiger partial charge in [-0.15, -0.1) is 11.3 Å². The number of thiophene rings is 1. The molecule has 0 saturated heterocycles. The molecule has 0 aliphatic heterocycles. The van der Waals surface area contributed by atoms with Crippen molar-refractivity contribution in [1.82, 2.24) is 9.97 Å². The smallest absolute Gasteiger partial charge is 0.341 e. The van der Waals surface area contributed by atoms with Crippen molar-refractivity contribution < 1.29 is 14.3 Å². The minimum Gasteiger partial charge on any atom is -0.465 e. The number of aryl methyl sites for hydroxylation is 1. The van der Waals surface area contributed by atoms with Gasteiger partial charge in [-0.1, -0.05) is 18.7 Å². The lowest BCUT2D eigenvalue weighted by atomic mass is 9.88. The largest absolute Gasteiger partial charge is 0.465 e. The molecule has 9 heteroatoms. The van der Waals surface area contributed by atoms with Gasteiger partial charge in [0.2, 0.25) is 5.91 Å². The van der Waals surface area contributed by atoms with Gasteiger partial charge < -0.3 is 15.0 Å². The van der Waals surface area contributed by atoms with Crippen LogP contribution in [0.4, 0.5) is 5.00 Å². The Bertz CT molecular complexity index is 1040. The Labute approximate surface area is 183 Å². The third-order valence-electron chi connectivity index (χ3n) is 5.66. The molecule has 0 bridgehead atoms. The van der Waals surface area contributed by atoms with Gasteiger partial charge in [0.25, 0.3) is 5.56 Å². The standard InChI is InChI=1S/C21H25N3O4S2/c1-11-7-8-13-15(9-11)30-19(17(13)20(27)28-2)23-16(25)10-29-21-22-14-6-4-3-5-12(14)18(26)24-21/h11H,3-10H2,1-2H3,(H,23,25)(H,22,24,26). The zero-order chi connectivity index (χ0) is 21.3. The Kier molecular flexibility index (Phi) is 6.29. The first-order valence-electron chi connectivity index (χ1n) is 10.2. The maximum absolute atomic E-state index is 12.6. The number of carbonyl (C=O) groups excluding carboxylic acids is 2. The fourth-order valence-electron chi connectivity index (χ4n) is 4.10. The number of carbonyl (C=O) groups is 2. The van der Waals surface area contributed by atoms with Crippen LogP contribution < -0.4 is 10.9 Å². The van der Waals surface area contributed by atoms with Crippen LogP contribution in [0.25, 0.3) is 0 Å². The van der Waals surface area contributed by atoms with Crippen LogP contribution in [-0.2, 0) is 35.2 Å². The highest BCUT2D eigenvalue weighted by atomic mass is 32.2. The highest BCUT2D eigenvalue weighted by Gasteiger charge is 2.29. The molecule has 0 saturated carbocycles. The minimum atomic E-state index is -0.411. The molecular weight excluding hydrogens is 422 g/mol. The van der Waals surface area contributed by atoms with E-state index in [1.54, 1.807) is 0 Å². The Balaban J connectivity index is 1.48. The van der Waals surface area contributed by atoms with Crippen LogP contribution in [-0.4, -0.2) is 34.7 Å². The van der Waals surface area contributed by atoms with E-state index in [1.807, 2.05) is 0 Å². The Hall–Kier alpha value is -2.13. The summed E-state index contributed by atoms with van der Waals surface area (Å²) in [5, 5.41) is 3.90. The minimum absolute atomic E-state index is 0.0985. The Morgan fingerprint density at radius 3 is 2.87 bits per heavy atom. The third-order valence-corrected chi connectivity index (χ3v) is 7.71. The normalized spacial score (nSPS) is 17.7. The van der Waals surface area contributed by atoms with E-state index >= 15 is 0 Å². The van der Waals surface area contributed by atoms with E-state index in [-0.39, 0.29) is 17.2 Å². The van der Waals surface area contributed by atoms with Gasteiger partial charge in [-0.3, -0.25) is 9.59 Å². The number of H-pyrrole nitrogens is 1. The summed E-state index contributed by atoms with van der Waals surface area (Å²) in [5.74, 6) is 0.0110. The highest BCUT2D eigenvalue weighted by Crippen LogP contribution is 2.40. The Morgan fingerprint density at radius 2 is 2.07 bits per heavy atom. The topological polar surface area (TPSA) is 101 Å². The number of aromatic nitrogens is 2. The van der Waals surface area contributed by atoms with Crippen LogP contribution in [0.15, 0.2) is 9.95 Å². The van der Waals surface area contributed by atoms with E-state index in [4.69, 9.17) is 4.74 Å². The molecule has 2 N–H and O–H groups in total. The summed E-state index contributed by atoms with van der Waals surface area (Å²) in [5.41, 5.74) is 3.02. The van der Waals surface area contributed by atoms with Crippen molar-refractivity contribution in [2.24, 2.45) is 5.92 Å². The first kappa shape index (κ1) is 21.1. The first-order valence-corrected chi connectivity index (χ1v) is 12.0. The number of methoxy groups -OCH3 is 1. The van der Waals surface area contributed by atoms with Crippen LogP contribution in [0.1, 0.15) is 58.2 Å². The number of thioether (sulfide) groups is 1. The third kappa shape index (κ3) is 4.32. The maximum atomic E-state index is 12.6. The van der Waals surface area contributed by atoms with Crippen molar-refractivity contribution in [3.8, 4) is 0 Å². The number of fused-ring (bicyclic) bond motifs is 2. The zero-order valence-corrected chi connectivity index (χ0v) is 18.8. The molecule has 160 valence electrons. The lowest BCUT2D eigenvalue weighted by Crippen LogP contribution is -2.22. The molecule has 2 aliphatic rings. The Morgan fingerprint density at radius 1 is 1.27 bits per heavy atom. The predicted molar refractivity (Wildman–Crippen MR) is 118 cm³/mol. The second kappa shape index (κ2) is 8.93. The number of rotatable bonds is 5. The SMILES string of the molecule is COC(=O)c1c(NC(=O)CSc2nc3c(c(=O)[nH]2)CCCC3)sc2c1CCC(C)C2. The molecule has 4 rings (SSSR count). The van der Waals surface area contributed by atoms with Crippen LogP contribution in [0, 0.1) is 5.92 Å². The van der Waals surface area contributed by atoms with E-state index in [0.717, 1.165) is 66.6 Å². The molecule has 0 fully saturated rings. The molecule has 0 spiro atoms. The summed E-state index contributed by atoms with van der Waals surface area (Å²) in [6, 6.07) is 0. The van der Waals surface area contributed by atoms with Gasteiger partial charge in [0.05, 0.1) is 24.1 Å². The molecule has 1 atom stereocenters. The second-order valence-electron chi connectivity index (χ2n) is 7.89. The lowest BCUT2D eigenvalue weighted by Gasteiger charge is -2.18. The van der Waals surface area contributed by atoms with Crippen molar-refractivity contribution in [2.75, 3.05) is 18.2 Å². The molecule has 2 heterocycles. The summed E-state index contributed by atoms with van der Waals surface area (Å²) in [6.45, 7) is 2.20. The van der Waals surface area contributed by atoms with Crippen LogP contribution >= 0.6 is 23.1 Å². The van der Waals surface area contributed by atoms with Crippen LogP contribution in [0.5, 0.6) is 0 Å². The summed E-state index contributed by atoms with van der Waals surface area (Å²) >= 11 is 2.66. The van der Waals surface area contributed by atoms with Gasteiger partial charge in [0.15, 0.2) is 5.16 Å². The summed E-state index contributed by atoms with van der Waals surface area (Å²) < 4.78 is 4.97. The van der Waals surface area contributed by atoms with Crippen molar-refractivity contribution in [3.63, 3.8) is 0 Å². The van der Waals surface area contributed by atoms with Crippen molar-refractivity contribution >= 4 is 40.0 Å². The summed E-state index contributed by atoms with van der Waals surface area (Å²) in [4.78, 5) is 45.7. The van der Waals surface area contributed by atoms with Crippen LogP contribution in [0.3, 0.4) is 0 Å². The summed E-state index contributed by atoms with van der Waals surface area (Å²) in [6.07, 6.45) is 6.37. The quantitative estimate of drug-likeness (QED) is 0.414. The van der Waals surface area contributed by atoms with Gasteiger partial charge in [0.1, 0.15) is 5.00 Å². The van der Waals surface area contributed by atoms with E-state index in [1.165, 1.54) is 30.2 Å². The highest BCUT2D eigenvalue weighted by molar-refractivity contribution is 7.99. The number of aromatic amines is 1.